The molecule has 3 aromatic rings. The van der Waals surface area contributed by atoms with Crippen LogP contribution >= 0.6 is 0 Å². The molecule has 7 rings (SSSR count). The van der Waals surface area contributed by atoms with Crippen LogP contribution in [-0.4, -0.2) is 82.2 Å². The molecule has 3 amide bonds. The summed E-state index contributed by atoms with van der Waals surface area (Å²) in [5.41, 5.74) is -0.824. The van der Waals surface area contributed by atoms with Gasteiger partial charge >= 0.3 is 0 Å². The summed E-state index contributed by atoms with van der Waals surface area (Å²) in [7, 11) is 0. The van der Waals surface area contributed by atoms with Crippen LogP contribution in [0.4, 0.5) is 5.69 Å². The molecule has 1 N–H and O–H groups in total. The number of amides is 3. The molecule has 3 aromatic carbocycles. The van der Waals surface area contributed by atoms with Crippen molar-refractivity contribution < 1.29 is 24.2 Å². The molecule has 2 saturated heterocycles. The average molecular weight is 606 g/mol. The molecule has 0 aromatic heterocycles. The standard InChI is InChI=1S/C37H39N3O5/c1-3-19-38-20-9-17-36(2)30(33(38)42)31-34(43)40(29(24-41)22-25-11-5-4-6-12-25)32-35(44)39(21-10-18-37(31,32)45-36)28-16-15-26-13-7-8-14-27(26)23-28/h4-18,23,29-32,41H,3,19-22,24H2,1-2H3/t29-,30-,31+,32?,36+,37+/m1/s1. The van der Waals surface area contributed by atoms with E-state index in [4.69, 9.17) is 4.74 Å². The van der Waals surface area contributed by atoms with E-state index in [1.807, 2.05) is 111 Å². The molecule has 8 nitrogen and oxygen atoms in total. The van der Waals surface area contributed by atoms with Gasteiger partial charge in [0.15, 0.2) is 0 Å². The van der Waals surface area contributed by atoms with E-state index in [1.54, 1.807) is 14.7 Å². The van der Waals surface area contributed by atoms with Crippen LogP contribution in [0.15, 0.2) is 97.1 Å². The second kappa shape index (κ2) is 11.3. The van der Waals surface area contributed by atoms with Gasteiger partial charge in [-0.3, -0.25) is 14.4 Å². The van der Waals surface area contributed by atoms with Gasteiger partial charge in [-0.25, -0.2) is 0 Å². The zero-order valence-corrected chi connectivity index (χ0v) is 25.7. The Morgan fingerprint density at radius 1 is 0.867 bits per heavy atom. The van der Waals surface area contributed by atoms with E-state index in [9.17, 15) is 19.5 Å². The van der Waals surface area contributed by atoms with E-state index in [2.05, 4.69) is 0 Å². The average Bonchev–Trinajstić information content (AvgIpc) is 3.33. The highest BCUT2D eigenvalue weighted by Crippen LogP contribution is 2.58. The third-order valence-corrected chi connectivity index (χ3v) is 10.0. The fourth-order valence-corrected chi connectivity index (χ4v) is 8.09. The van der Waals surface area contributed by atoms with E-state index >= 15 is 0 Å². The summed E-state index contributed by atoms with van der Waals surface area (Å²) < 4.78 is 6.98. The predicted octanol–water partition coefficient (Wildman–Crippen LogP) is 4.13. The lowest BCUT2D eigenvalue weighted by Crippen LogP contribution is -2.59. The van der Waals surface area contributed by atoms with Crippen molar-refractivity contribution >= 4 is 34.2 Å². The summed E-state index contributed by atoms with van der Waals surface area (Å²) in [6, 6.07) is 21.8. The van der Waals surface area contributed by atoms with E-state index in [0.29, 0.717) is 25.2 Å². The molecule has 45 heavy (non-hydrogen) atoms. The SMILES string of the molecule is CCCN1CC=C[C@]2(C)O[C@]34C=CCN(c5ccc6ccccc6c5)C(=O)C3N([C@@H](CO)Cc3ccccc3)C(=O)[C@@H]4[C@@H]2C1=O. The van der Waals surface area contributed by atoms with Crippen molar-refractivity contribution in [3.63, 3.8) is 0 Å². The van der Waals surface area contributed by atoms with Gasteiger partial charge in [-0.1, -0.05) is 91.9 Å². The summed E-state index contributed by atoms with van der Waals surface area (Å²) in [6.07, 6.45) is 8.75. The smallest absolute Gasteiger partial charge is 0.253 e. The lowest BCUT2D eigenvalue weighted by atomic mass is 9.74. The molecule has 4 heterocycles. The van der Waals surface area contributed by atoms with Crippen molar-refractivity contribution in [1.29, 1.82) is 0 Å². The highest BCUT2D eigenvalue weighted by molar-refractivity contribution is 6.07. The van der Waals surface area contributed by atoms with Crippen molar-refractivity contribution in [2.24, 2.45) is 11.8 Å². The molecule has 0 saturated carbocycles. The number of benzene rings is 3. The molecule has 4 aliphatic rings. The first-order chi connectivity index (χ1) is 21.8. The number of aliphatic hydroxyl groups excluding tert-OH is 1. The second-order valence-corrected chi connectivity index (χ2v) is 12.8. The molecule has 1 spiro atoms. The number of fused-ring (bicyclic) bond motifs is 3. The molecule has 4 aliphatic heterocycles. The summed E-state index contributed by atoms with van der Waals surface area (Å²) in [4.78, 5) is 49.1. The minimum Gasteiger partial charge on any atom is -0.394 e. The Balaban J connectivity index is 1.37. The van der Waals surface area contributed by atoms with Crippen LogP contribution in [0.1, 0.15) is 25.8 Å². The minimum absolute atomic E-state index is 0.139. The maximum absolute atomic E-state index is 15.0. The summed E-state index contributed by atoms with van der Waals surface area (Å²) in [5.74, 6) is -2.51. The highest BCUT2D eigenvalue weighted by atomic mass is 16.5. The Bertz CT molecular complexity index is 1700. The molecule has 1 unspecified atom stereocenters. The first-order valence-corrected chi connectivity index (χ1v) is 15.9. The van der Waals surface area contributed by atoms with Gasteiger partial charge in [0.25, 0.3) is 5.91 Å². The van der Waals surface area contributed by atoms with Crippen molar-refractivity contribution in [1.82, 2.24) is 9.80 Å². The third-order valence-electron chi connectivity index (χ3n) is 10.0. The number of aliphatic hydroxyl groups is 1. The number of likely N-dealkylation sites (tertiary alicyclic amines) is 1. The van der Waals surface area contributed by atoms with Crippen LogP contribution in [0.5, 0.6) is 0 Å². The Hall–Kier alpha value is -4.27. The summed E-state index contributed by atoms with van der Waals surface area (Å²) in [6.45, 7) is 4.83. The normalized spacial score (nSPS) is 29.9. The number of ether oxygens (including phenoxy) is 1. The molecule has 8 heteroatoms. The molecule has 0 radical (unpaired) electrons. The quantitative estimate of drug-likeness (QED) is 0.410. The molecule has 0 bridgehead atoms. The third kappa shape index (κ3) is 4.61. The van der Waals surface area contributed by atoms with Crippen molar-refractivity contribution in [2.45, 2.75) is 50.0 Å². The van der Waals surface area contributed by atoms with Gasteiger partial charge in [0.2, 0.25) is 11.8 Å². The topological polar surface area (TPSA) is 90.4 Å². The number of rotatable bonds is 7. The molecule has 6 atom stereocenters. The first kappa shape index (κ1) is 29.4. The lowest BCUT2D eigenvalue weighted by molar-refractivity contribution is -0.151. The van der Waals surface area contributed by atoms with Gasteiger partial charge in [0.05, 0.1) is 30.1 Å². The number of carbonyl (C=O) groups excluding carboxylic acids is 3. The van der Waals surface area contributed by atoms with Crippen LogP contribution in [0.2, 0.25) is 0 Å². The summed E-state index contributed by atoms with van der Waals surface area (Å²) in [5, 5.41) is 12.9. The van der Waals surface area contributed by atoms with Crippen LogP contribution in [0, 0.1) is 11.8 Å². The Morgan fingerprint density at radius 3 is 2.36 bits per heavy atom. The van der Waals surface area contributed by atoms with Gasteiger partial charge in [-0.15, -0.1) is 0 Å². The number of hydrogen-bond donors (Lipinski definition) is 1. The van der Waals surface area contributed by atoms with Gasteiger partial charge in [0, 0.05) is 25.3 Å². The molecule has 2 fully saturated rings. The Morgan fingerprint density at radius 2 is 1.60 bits per heavy atom. The van der Waals surface area contributed by atoms with E-state index < -0.39 is 35.1 Å². The number of hydrogen-bond acceptors (Lipinski definition) is 5. The van der Waals surface area contributed by atoms with E-state index in [-0.39, 0.29) is 30.9 Å². The largest absolute Gasteiger partial charge is 0.394 e. The molecular weight excluding hydrogens is 566 g/mol. The van der Waals surface area contributed by atoms with Gasteiger partial charge in [0.1, 0.15) is 11.6 Å². The van der Waals surface area contributed by atoms with Gasteiger partial charge in [-0.05, 0) is 48.2 Å². The maximum Gasteiger partial charge on any atom is 0.253 e. The molecular formula is C37H39N3O5. The zero-order chi connectivity index (χ0) is 31.3. The second-order valence-electron chi connectivity index (χ2n) is 12.8. The first-order valence-electron chi connectivity index (χ1n) is 15.9. The zero-order valence-electron chi connectivity index (χ0n) is 25.7. The lowest BCUT2D eigenvalue weighted by Gasteiger charge is -2.40. The van der Waals surface area contributed by atoms with E-state index in [0.717, 1.165) is 22.8 Å². The van der Waals surface area contributed by atoms with Crippen LogP contribution in [0.3, 0.4) is 0 Å². The monoisotopic (exact) mass is 605 g/mol. The summed E-state index contributed by atoms with van der Waals surface area (Å²) >= 11 is 0. The fraction of sp³-hybridized carbons (Fsp3) is 0.378. The number of nitrogens with zero attached hydrogens (tertiary/aromatic N) is 3. The van der Waals surface area contributed by atoms with Gasteiger partial charge in [-0.2, -0.15) is 0 Å². The van der Waals surface area contributed by atoms with Crippen molar-refractivity contribution in [2.75, 3.05) is 31.1 Å². The highest BCUT2D eigenvalue weighted by Gasteiger charge is 2.75. The van der Waals surface area contributed by atoms with Crippen LogP contribution in [0.25, 0.3) is 10.8 Å². The molecule has 0 aliphatic carbocycles. The van der Waals surface area contributed by atoms with E-state index in [1.165, 1.54) is 0 Å². The predicted molar refractivity (Wildman–Crippen MR) is 172 cm³/mol. The van der Waals surface area contributed by atoms with Crippen LogP contribution in [-0.2, 0) is 25.5 Å². The minimum atomic E-state index is -1.39. The fourth-order valence-electron chi connectivity index (χ4n) is 8.09. The Kier molecular flexibility index (Phi) is 7.37. The van der Waals surface area contributed by atoms with Crippen molar-refractivity contribution in [3.8, 4) is 0 Å². The number of anilines is 1. The number of carbonyl (C=O) groups is 3. The van der Waals surface area contributed by atoms with Crippen LogP contribution < -0.4 is 4.90 Å². The maximum atomic E-state index is 15.0. The van der Waals surface area contributed by atoms with Crippen molar-refractivity contribution in [3.05, 3.63) is 103 Å². The molecule has 232 valence electrons. The van der Waals surface area contributed by atoms with Gasteiger partial charge < -0.3 is 24.5 Å². The Labute approximate surface area is 263 Å².